The van der Waals surface area contributed by atoms with E-state index in [-0.39, 0.29) is 11.6 Å². The third kappa shape index (κ3) is 6.37. The van der Waals surface area contributed by atoms with E-state index in [2.05, 4.69) is 52.1 Å². The van der Waals surface area contributed by atoms with Gasteiger partial charge in [-0.05, 0) is 44.4 Å². The van der Waals surface area contributed by atoms with Gasteiger partial charge in [0.05, 0.1) is 13.7 Å². The van der Waals surface area contributed by atoms with E-state index in [0.29, 0.717) is 24.1 Å². The minimum absolute atomic E-state index is 0.0818. The maximum Gasteiger partial charge on any atom is 0.195 e. The highest BCUT2D eigenvalue weighted by Crippen LogP contribution is 2.30. The number of benzene rings is 2. The quantitative estimate of drug-likeness (QED) is 0.405. The van der Waals surface area contributed by atoms with Crippen LogP contribution in [0, 0.1) is 0 Å². The van der Waals surface area contributed by atoms with E-state index in [9.17, 15) is 0 Å². The van der Waals surface area contributed by atoms with Gasteiger partial charge in [0.15, 0.2) is 17.5 Å². The van der Waals surface area contributed by atoms with Gasteiger partial charge in [0.1, 0.15) is 0 Å². The molecule has 7 nitrogen and oxygen atoms in total. The molecule has 0 radical (unpaired) electrons. The summed E-state index contributed by atoms with van der Waals surface area (Å²) in [4.78, 5) is 4.42. The molecule has 1 fully saturated rings. The molecule has 1 aliphatic rings. The topological polar surface area (TPSA) is 76.1 Å². The number of methoxy groups -OCH3 is 1. The Kier molecular flexibility index (Phi) is 8.76. The first-order valence-electron chi connectivity index (χ1n) is 11.3. The van der Waals surface area contributed by atoms with Gasteiger partial charge in [-0.25, -0.2) is 0 Å². The smallest absolute Gasteiger partial charge is 0.195 e. The predicted octanol–water partition coefficient (Wildman–Crippen LogP) is 3.98. The summed E-state index contributed by atoms with van der Waals surface area (Å²) in [5.41, 5.74) is 2.08. The molecule has 1 heterocycles. The zero-order valence-electron chi connectivity index (χ0n) is 19.6. The molecule has 0 amide bonds. The van der Waals surface area contributed by atoms with Gasteiger partial charge in [0.25, 0.3) is 0 Å². The van der Waals surface area contributed by atoms with E-state index < -0.39 is 0 Å². The maximum absolute atomic E-state index is 5.69. The van der Waals surface area contributed by atoms with Crippen molar-refractivity contribution in [3.8, 4) is 11.5 Å². The van der Waals surface area contributed by atoms with Gasteiger partial charge in [-0.2, -0.15) is 0 Å². The normalized spacial score (nSPS) is 16.8. The SMILES string of the molecule is CCOc1cc(NC(=NC)NCC2(NC(C)c3ccccc3)CCOCC2)ccc1OC. The van der Waals surface area contributed by atoms with Crippen molar-refractivity contribution in [1.29, 1.82) is 0 Å². The lowest BCUT2D eigenvalue weighted by atomic mass is 9.88. The fourth-order valence-corrected chi connectivity index (χ4v) is 4.01. The van der Waals surface area contributed by atoms with E-state index >= 15 is 0 Å². The molecule has 0 saturated carbocycles. The minimum atomic E-state index is -0.0818. The van der Waals surface area contributed by atoms with Crippen LogP contribution in [0.5, 0.6) is 11.5 Å². The van der Waals surface area contributed by atoms with Gasteiger partial charge in [-0.1, -0.05) is 30.3 Å². The summed E-state index contributed by atoms with van der Waals surface area (Å²) in [5, 5.41) is 10.8. The molecule has 2 aromatic rings. The Morgan fingerprint density at radius 1 is 1.12 bits per heavy atom. The molecule has 32 heavy (non-hydrogen) atoms. The van der Waals surface area contributed by atoms with Crippen molar-refractivity contribution in [2.45, 2.75) is 38.3 Å². The number of hydrogen-bond acceptors (Lipinski definition) is 5. The Morgan fingerprint density at radius 2 is 1.88 bits per heavy atom. The molecule has 7 heteroatoms. The predicted molar refractivity (Wildman–Crippen MR) is 130 cm³/mol. The van der Waals surface area contributed by atoms with Crippen molar-refractivity contribution in [1.82, 2.24) is 10.6 Å². The Bertz CT molecular complexity index is 867. The van der Waals surface area contributed by atoms with Crippen molar-refractivity contribution in [2.75, 3.05) is 45.8 Å². The molecule has 174 valence electrons. The van der Waals surface area contributed by atoms with Crippen LogP contribution in [0.3, 0.4) is 0 Å². The Morgan fingerprint density at radius 3 is 2.53 bits per heavy atom. The van der Waals surface area contributed by atoms with Crippen LogP contribution in [0.4, 0.5) is 5.69 Å². The zero-order chi connectivity index (χ0) is 22.8. The molecular weight excluding hydrogens is 404 g/mol. The van der Waals surface area contributed by atoms with E-state index in [1.54, 1.807) is 14.2 Å². The Labute approximate surface area is 191 Å². The van der Waals surface area contributed by atoms with Crippen LogP contribution in [0.2, 0.25) is 0 Å². The second-order valence-corrected chi connectivity index (χ2v) is 8.02. The lowest BCUT2D eigenvalue weighted by Gasteiger charge is -2.41. The summed E-state index contributed by atoms with van der Waals surface area (Å²) < 4.78 is 16.7. The van der Waals surface area contributed by atoms with Crippen LogP contribution in [0.1, 0.15) is 38.3 Å². The average molecular weight is 441 g/mol. The van der Waals surface area contributed by atoms with Gasteiger partial charge in [0, 0.05) is 50.1 Å². The van der Waals surface area contributed by atoms with Crippen LogP contribution in [0.25, 0.3) is 0 Å². The van der Waals surface area contributed by atoms with E-state index in [4.69, 9.17) is 14.2 Å². The van der Waals surface area contributed by atoms with Gasteiger partial charge in [-0.3, -0.25) is 4.99 Å². The highest BCUT2D eigenvalue weighted by molar-refractivity contribution is 5.93. The number of ether oxygens (including phenoxy) is 3. The highest BCUT2D eigenvalue weighted by Gasteiger charge is 2.34. The fraction of sp³-hybridized carbons (Fsp3) is 0.480. The maximum atomic E-state index is 5.69. The molecule has 3 N–H and O–H groups in total. The van der Waals surface area contributed by atoms with Gasteiger partial charge in [-0.15, -0.1) is 0 Å². The van der Waals surface area contributed by atoms with E-state index in [1.807, 2.05) is 31.2 Å². The molecule has 1 atom stereocenters. The lowest BCUT2D eigenvalue weighted by molar-refractivity contribution is 0.0355. The lowest BCUT2D eigenvalue weighted by Crippen LogP contribution is -2.57. The molecule has 0 aliphatic carbocycles. The first kappa shape index (κ1) is 23.9. The molecule has 2 aromatic carbocycles. The van der Waals surface area contributed by atoms with Crippen molar-refractivity contribution in [3.63, 3.8) is 0 Å². The average Bonchev–Trinajstić information content (AvgIpc) is 2.83. The number of hydrogen-bond donors (Lipinski definition) is 3. The monoisotopic (exact) mass is 440 g/mol. The summed E-state index contributed by atoms with van der Waals surface area (Å²) >= 11 is 0. The summed E-state index contributed by atoms with van der Waals surface area (Å²) in [7, 11) is 3.42. The fourth-order valence-electron chi connectivity index (χ4n) is 4.01. The third-order valence-electron chi connectivity index (χ3n) is 5.82. The molecule has 0 spiro atoms. The zero-order valence-corrected chi connectivity index (χ0v) is 19.6. The van der Waals surface area contributed by atoms with Crippen LogP contribution in [-0.4, -0.2) is 52.0 Å². The first-order valence-corrected chi connectivity index (χ1v) is 11.3. The molecule has 3 rings (SSSR count). The van der Waals surface area contributed by atoms with Gasteiger partial charge < -0.3 is 30.2 Å². The number of nitrogens with zero attached hydrogens (tertiary/aromatic N) is 1. The number of anilines is 1. The molecule has 0 bridgehead atoms. The Balaban J connectivity index is 1.67. The van der Waals surface area contributed by atoms with Crippen LogP contribution in [0.15, 0.2) is 53.5 Å². The van der Waals surface area contributed by atoms with Crippen molar-refractivity contribution in [3.05, 3.63) is 54.1 Å². The summed E-state index contributed by atoms with van der Waals surface area (Å²) in [6.45, 7) is 6.98. The second kappa shape index (κ2) is 11.7. The summed E-state index contributed by atoms with van der Waals surface area (Å²) in [6.07, 6.45) is 1.87. The van der Waals surface area contributed by atoms with Crippen LogP contribution < -0.4 is 25.4 Å². The third-order valence-corrected chi connectivity index (χ3v) is 5.82. The minimum Gasteiger partial charge on any atom is -0.493 e. The summed E-state index contributed by atoms with van der Waals surface area (Å²) in [6, 6.07) is 16.6. The molecule has 1 unspecified atom stereocenters. The molecular formula is C25H36N4O3. The highest BCUT2D eigenvalue weighted by atomic mass is 16.5. The largest absolute Gasteiger partial charge is 0.493 e. The van der Waals surface area contributed by atoms with Gasteiger partial charge in [0.2, 0.25) is 0 Å². The number of aliphatic imine (C=N–C) groups is 1. The number of nitrogens with one attached hydrogen (secondary N) is 3. The molecule has 0 aromatic heterocycles. The Hall–Kier alpha value is -2.77. The van der Waals surface area contributed by atoms with E-state index in [0.717, 1.165) is 38.3 Å². The second-order valence-electron chi connectivity index (χ2n) is 8.02. The van der Waals surface area contributed by atoms with Crippen molar-refractivity contribution < 1.29 is 14.2 Å². The summed E-state index contributed by atoms with van der Waals surface area (Å²) in [5.74, 6) is 2.12. The molecule has 1 aliphatic heterocycles. The number of guanidine groups is 1. The number of rotatable bonds is 9. The molecule has 1 saturated heterocycles. The van der Waals surface area contributed by atoms with Crippen molar-refractivity contribution in [2.24, 2.45) is 4.99 Å². The van der Waals surface area contributed by atoms with Crippen LogP contribution in [-0.2, 0) is 4.74 Å². The van der Waals surface area contributed by atoms with E-state index in [1.165, 1.54) is 5.56 Å². The van der Waals surface area contributed by atoms with Crippen molar-refractivity contribution >= 4 is 11.6 Å². The first-order chi connectivity index (χ1) is 15.6. The van der Waals surface area contributed by atoms with Gasteiger partial charge >= 0.3 is 0 Å². The van der Waals surface area contributed by atoms with Crippen LogP contribution >= 0.6 is 0 Å². The standard InChI is InChI=1S/C25H36N4O3/c1-5-32-23-17-21(11-12-22(23)30-4)28-24(26-3)27-18-25(13-15-31-16-14-25)29-19(2)20-9-7-6-8-10-20/h6-12,17,19,29H,5,13-16,18H2,1-4H3,(H2,26,27,28).